The molecule has 2 N–H and O–H groups in total. The summed E-state index contributed by atoms with van der Waals surface area (Å²) in [7, 11) is 1.69. The molecule has 4 rings (SSSR count). The number of hydrogen-bond donors (Lipinski definition) is 1. The molecule has 3 aromatic rings. The molecule has 0 spiro atoms. The van der Waals surface area contributed by atoms with Gasteiger partial charge in [0, 0.05) is 30.0 Å². The summed E-state index contributed by atoms with van der Waals surface area (Å²) in [6.07, 6.45) is 3.46. The first-order valence-corrected chi connectivity index (χ1v) is 10.0. The molecular weight excluding hydrogens is 382 g/mol. The van der Waals surface area contributed by atoms with Crippen LogP contribution in [0.25, 0.3) is 11.3 Å². The van der Waals surface area contributed by atoms with Crippen molar-refractivity contribution < 1.29 is 4.74 Å². The van der Waals surface area contributed by atoms with E-state index in [4.69, 9.17) is 27.1 Å². The molecule has 1 aromatic carbocycles. The first-order valence-electron chi connectivity index (χ1n) is 8.77. The van der Waals surface area contributed by atoms with Crippen molar-refractivity contribution in [2.45, 2.75) is 18.8 Å². The zero-order valence-electron chi connectivity index (χ0n) is 14.9. The Labute approximate surface area is 167 Å². The number of ether oxygens (including phenoxy) is 1. The van der Waals surface area contributed by atoms with Gasteiger partial charge >= 0.3 is 0 Å². The summed E-state index contributed by atoms with van der Waals surface area (Å²) in [6.45, 7) is 1.73. The molecule has 0 aliphatic carbocycles. The number of benzene rings is 1. The van der Waals surface area contributed by atoms with Gasteiger partial charge in [0.15, 0.2) is 5.82 Å². The highest BCUT2D eigenvalue weighted by atomic mass is 35.5. The molecule has 0 unspecified atom stereocenters. The van der Waals surface area contributed by atoms with Gasteiger partial charge in [-0.15, -0.1) is 11.3 Å². The molecule has 1 fully saturated rings. The SMILES string of the molecule is COc1ccccc1-c1csc(C2CCN(c3ncnc(N)c3Cl)CC2)n1. The van der Waals surface area contributed by atoms with Crippen LogP contribution >= 0.6 is 22.9 Å². The number of nitrogen functional groups attached to an aromatic ring is 1. The molecule has 1 saturated heterocycles. The molecule has 140 valence electrons. The van der Waals surface area contributed by atoms with Gasteiger partial charge in [-0.2, -0.15) is 0 Å². The van der Waals surface area contributed by atoms with Crippen LogP contribution in [0.4, 0.5) is 11.6 Å². The quantitative estimate of drug-likeness (QED) is 0.704. The lowest BCUT2D eigenvalue weighted by Gasteiger charge is -2.32. The Hall–Kier alpha value is -2.38. The van der Waals surface area contributed by atoms with Crippen LogP contribution in [0.2, 0.25) is 5.02 Å². The van der Waals surface area contributed by atoms with E-state index in [9.17, 15) is 0 Å². The van der Waals surface area contributed by atoms with Crippen LogP contribution in [-0.2, 0) is 0 Å². The predicted molar refractivity (Wildman–Crippen MR) is 110 cm³/mol. The summed E-state index contributed by atoms with van der Waals surface area (Å²) < 4.78 is 5.46. The molecule has 1 aliphatic rings. The second kappa shape index (κ2) is 7.70. The Morgan fingerprint density at radius 1 is 1.22 bits per heavy atom. The fourth-order valence-electron chi connectivity index (χ4n) is 3.39. The number of rotatable bonds is 4. The highest BCUT2D eigenvalue weighted by Gasteiger charge is 2.26. The smallest absolute Gasteiger partial charge is 0.153 e. The van der Waals surface area contributed by atoms with E-state index >= 15 is 0 Å². The third-order valence-corrected chi connectivity index (χ3v) is 6.22. The van der Waals surface area contributed by atoms with Crippen molar-refractivity contribution in [1.82, 2.24) is 15.0 Å². The summed E-state index contributed by atoms with van der Waals surface area (Å²) in [5, 5.41) is 3.72. The fraction of sp³-hybridized carbons (Fsp3) is 0.316. The molecule has 3 heterocycles. The largest absolute Gasteiger partial charge is 0.496 e. The van der Waals surface area contributed by atoms with Crippen molar-refractivity contribution in [3.8, 4) is 17.0 Å². The number of halogens is 1. The molecule has 27 heavy (non-hydrogen) atoms. The third kappa shape index (κ3) is 3.57. The Morgan fingerprint density at radius 2 is 2.00 bits per heavy atom. The molecule has 0 radical (unpaired) electrons. The molecular formula is C19H20ClN5OS. The van der Waals surface area contributed by atoms with Crippen molar-refractivity contribution in [1.29, 1.82) is 0 Å². The number of thiazole rings is 1. The monoisotopic (exact) mass is 401 g/mol. The maximum atomic E-state index is 6.27. The van der Waals surface area contributed by atoms with Gasteiger partial charge in [0.05, 0.1) is 17.8 Å². The summed E-state index contributed by atoms with van der Waals surface area (Å²) in [4.78, 5) is 15.3. The summed E-state index contributed by atoms with van der Waals surface area (Å²) >= 11 is 7.98. The van der Waals surface area contributed by atoms with E-state index in [1.807, 2.05) is 24.3 Å². The second-order valence-electron chi connectivity index (χ2n) is 6.43. The van der Waals surface area contributed by atoms with Gasteiger partial charge < -0.3 is 15.4 Å². The molecule has 0 atom stereocenters. The minimum atomic E-state index is 0.324. The molecule has 6 nitrogen and oxygen atoms in total. The number of nitrogens with zero attached hydrogens (tertiary/aromatic N) is 4. The third-order valence-electron chi connectivity index (χ3n) is 4.85. The number of aromatic nitrogens is 3. The van der Waals surface area contributed by atoms with Crippen LogP contribution in [0.15, 0.2) is 36.0 Å². The van der Waals surface area contributed by atoms with Crippen molar-refractivity contribution in [2.24, 2.45) is 0 Å². The van der Waals surface area contributed by atoms with E-state index in [2.05, 4.69) is 20.2 Å². The van der Waals surface area contributed by atoms with Gasteiger partial charge in [0.1, 0.15) is 22.9 Å². The van der Waals surface area contributed by atoms with Crippen LogP contribution < -0.4 is 15.4 Å². The average molecular weight is 402 g/mol. The lowest BCUT2D eigenvalue weighted by Crippen LogP contribution is -2.33. The maximum Gasteiger partial charge on any atom is 0.153 e. The molecule has 0 amide bonds. The first-order chi connectivity index (χ1) is 13.2. The summed E-state index contributed by atoms with van der Waals surface area (Å²) in [5.74, 6) is 2.33. The van der Waals surface area contributed by atoms with E-state index in [-0.39, 0.29) is 0 Å². The average Bonchev–Trinajstić information content (AvgIpc) is 3.20. The fourth-order valence-corrected chi connectivity index (χ4v) is 4.60. The molecule has 2 aromatic heterocycles. The standard InChI is InChI=1S/C19H20ClN5OS/c1-26-15-5-3-2-4-13(15)14-10-27-19(24-14)12-6-8-25(9-7-12)18-16(20)17(21)22-11-23-18/h2-5,10-12H,6-9H2,1H3,(H2,21,22,23). The molecule has 0 saturated carbocycles. The first kappa shape index (κ1) is 18.0. The maximum absolute atomic E-state index is 6.27. The Morgan fingerprint density at radius 3 is 2.78 bits per heavy atom. The van der Waals surface area contributed by atoms with Crippen LogP contribution in [0.1, 0.15) is 23.8 Å². The number of piperidine rings is 1. The minimum absolute atomic E-state index is 0.324. The van der Waals surface area contributed by atoms with Gasteiger partial charge in [-0.25, -0.2) is 15.0 Å². The number of nitrogens with two attached hydrogens (primary N) is 1. The van der Waals surface area contributed by atoms with Crippen molar-refractivity contribution >= 4 is 34.6 Å². The Bertz CT molecular complexity index is 939. The second-order valence-corrected chi connectivity index (χ2v) is 7.70. The molecule has 8 heteroatoms. The minimum Gasteiger partial charge on any atom is -0.496 e. The summed E-state index contributed by atoms with van der Waals surface area (Å²) in [6, 6.07) is 7.98. The topological polar surface area (TPSA) is 77.2 Å². The van der Waals surface area contributed by atoms with Gasteiger partial charge in [0.25, 0.3) is 0 Å². The van der Waals surface area contributed by atoms with Gasteiger partial charge in [-0.1, -0.05) is 23.7 Å². The highest BCUT2D eigenvalue weighted by Crippen LogP contribution is 2.37. The number of hydrogen-bond acceptors (Lipinski definition) is 7. The number of methoxy groups -OCH3 is 1. The van der Waals surface area contributed by atoms with Gasteiger partial charge in [0.2, 0.25) is 0 Å². The van der Waals surface area contributed by atoms with Gasteiger partial charge in [-0.05, 0) is 25.0 Å². The lowest BCUT2D eigenvalue weighted by molar-refractivity contribution is 0.416. The lowest BCUT2D eigenvalue weighted by atomic mass is 9.97. The number of para-hydroxylation sites is 1. The van der Waals surface area contributed by atoms with Crippen LogP contribution in [0, 0.1) is 0 Å². The normalized spacial score (nSPS) is 15.1. The highest BCUT2D eigenvalue weighted by molar-refractivity contribution is 7.10. The summed E-state index contributed by atoms with van der Waals surface area (Å²) in [5.41, 5.74) is 7.80. The molecule has 1 aliphatic heterocycles. The van der Waals surface area contributed by atoms with Crippen LogP contribution in [0.5, 0.6) is 5.75 Å². The van der Waals surface area contributed by atoms with Gasteiger partial charge in [-0.3, -0.25) is 0 Å². The van der Waals surface area contributed by atoms with E-state index < -0.39 is 0 Å². The zero-order chi connectivity index (χ0) is 18.8. The van der Waals surface area contributed by atoms with E-state index in [1.54, 1.807) is 18.4 Å². The molecule has 0 bridgehead atoms. The van der Waals surface area contributed by atoms with E-state index in [1.165, 1.54) is 11.3 Å². The van der Waals surface area contributed by atoms with Crippen LogP contribution in [0.3, 0.4) is 0 Å². The Balaban J connectivity index is 1.48. The van der Waals surface area contributed by atoms with E-state index in [0.29, 0.717) is 16.8 Å². The van der Waals surface area contributed by atoms with E-state index in [0.717, 1.165) is 48.8 Å². The predicted octanol–water partition coefficient (Wildman–Crippen LogP) is 4.23. The van der Waals surface area contributed by atoms with Crippen LogP contribution in [-0.4, -0.2) is 35.2 Å². The van der Waals surface area contributed by atoms with Crippen molar-refractivity contribution in [3.63, 3.8) is 0 Å². The van der Waals surface area contributed by atoms with Crippen molar-refractivity contribution in [2.75, 3.05) is 30.8 Å². The zero-order valence-corrected chi connectivity index (χ0v) is 16.5. The van der Waals surface area contributed by atoms with Crippen molar-refractivity contribution in [3.05, 3.63) is 46.0 Å². The number of anilines is 2. The Kier molecular flexibility index (Phi) is 5.13.